The summed E-state index contributed by atoms with van der Waals surface area (Å²) in [7, 11) is 0. The first kappa shape index (κ1) is 21.7. The third-order valence-corrected chi connectivity index (χ3v) is 4.68. The number of carbonyl (C=O) groups excluding carboxylic acids is 2. The smallest absolute Gasteiger partial charge is 0.352 e. The zero-order chi connectivity index (χ0) is 20.9. The molecule has 152 valence electrons. The Morgan fingerprint density at radius 1 is 1.21 bits per heavy atom. The van der Waals surface area contributed by atoms with Crippen molar-refractivity contribution in [2.24, 2.45) is 0 Å². The van der Waals surface area contributed by atoms with E-state index < -0.39 is 23.7 Å². The van der Waals surface area contributed by atoms with Crippen LogP contribution < -0.4 is 16.0 Å². The van der Waals surface area contributed by atoms with Gasteiger partial charge in [0.05, 0.1) is 5.56 Å². The Morgan fingerprint density at radius 3 is 2.57 bits per heavy atom. The molecule has 0 aliphatic carbocycles. The second kappa shape index (κ2) is 9.05. The fourth-order valence-electron chi connectivity index (χ4n) is 2.14. The van der Waals surface area contributed by atoms with Crippen molar-refractivity contribution in [2.75, 3.05) is 5.32 Å². The van der Waals surface area contributed by atoms with E-state index in [0.29, 0.717) is 0 Å². The second-order valence-corrected chi connectivity index (χ2v) is 7.11. The van der Waals surface area contributed by atoms with Crippen molar-refractivity contribution < 1.29 is 22.8 Å². The van der Waals surface area contributed by atoms with Crippen LogP contribution in [0.2, 0.25) is 0 Å². The van der Waals surface area contributed by atoms with E-state index in [-0.39, 0.29) is 28.5 Å². The molecule has 0 unspecified atom stereocenters. The van der Waals surface area contributed by atoms with Crippen LogP contribution in [0.5, 0.6) is 0 Å². The SMILES string of the molecule is CC[C@H](C)NC(=O)[C@@H](C)NC(=O)c1csc(Nc2cccc(C(F)(F)F)c2)n1. The number of aromatic nitrogens is 1. The summed E-state index contributed by atoms with van der Waals surface area (Å²) < 4.78 is 38.3. The van der Waals surface area contributed by atoms with Crippen molar-refractivity contribution in [3.63, 3.8) is 0 Å². The van der Waals surface area contributed by atoms with E-state index in [9.17, 15) is 22.8 Å². The highest BCUT2D eigenvalue weighted by atomic mass is 32.1. The lowest BCUT2D eigenvalue weighted by molar-refractivity contribution is -0.137. The van der Waals surface area contributed by atoms with Gasteiger partial charge in [0.1, 0.15) is 11.7 Å². The zero-order valence-electron chi connectivity index (χ0n) is 15.6. The molecule has 10 heteroatoms. The van der Waals surface area contributed by atoms with Gasteiger partial charge in [-0.15, -0.1) is 11.3 Å². The topological polar surface area (TPSA) is 83.1 Å². The average Bonchev–Trinajstić information content (AvgIpc) is 3.09. The number of hydrogen-bond donors (Lipinski definition) is 3. The van der Waals surface area contributed by atoms with Gasteiger partial charge in [-0.25, -0.2) is 4.98 Å². The molecule has 2 aromatic rings. The van der Waals surface area contributed by atoms with E-state index in [1.807, 2.05) is 13.8 Å². The summed E-state index contributed by atoms with van der Waals surface area (Å²) in [6.07, 6.45) is -3.68. The molecule has 1 heterocycles. The molecule has 0 saturated heterocycles. The maximum absolute atomic E-state index is 12.8. The second-order valence-electron chi connectivity index (χ2n) is 6.25. The van der Waals surface area contributed by atoms with Gasteiger partial charge in [-0.05, 0) is 38.5 Å². The molecule has 0 radical (unpaired) electrons. The number of nitrogens with one attached hydrogen (secondary N) is 3. The van der Waals surface area contributed by atoms with Crippen molar-refractivity contribution in [3.8, 4) is 0 Å². The fourth-order valence-corrected chi connectivity index (χ4v) is 2.85. The fraction of sp³-hybridized carbons (Fsp3) is 0.389. The van der Waals surface area contributed by atoms with Crippen LogP contribution in [-0.2, 0) is 11.0 Å². The number of hydrogen-bond acceptors (Lipinski definition) is 5. The van der Waals surface area contributed by atoms with Gasteiger partial charge in [0, 0.05) is 17.1 Å². The molecule has 1 aromatic carbocycles. The molecule has 0 bridgehead atoms. The average molecular weight is 414 g/mol. The van der Waals surface area contributed by atoms with Crippen LogP contribution in [0.1, 0.15) is 43.2 Å². The lowest BCUT2D eigenvalue weighted by Crippen LogP contribution is -2.47. The van der Waals surface area contributed by atoms with Crippen LogP contribution >= 0.6 is 11.3 Å². The number of halogens is 3. The van der Waals surface area contributed by atoms with Gasteiger partial charge in [-0.1, -0.05) is 13.0 Å². The van der Waals surface area contributed by atoms with Gasteiger partial charge in [-0.3, -0.25) is 9.59 Å². The summed E-state index contributed by atoms with van der Waals surface area (Å²) in [6.45, 7) is 5.35. The third kappa shape index (κ3) is 5.95. The number of carbonyl (C=O) groups is 2. The number of benzene rings is 1. The number of nitrogens with zero attached hydrogens (tertiary/aromatic N) is 1. The van der Waals surface area contributed by atoms with E-state index in [0.717, 1.165) is 29.9 Å². The molecular weight excluding hydrogens is 393 g/mol. The van der Waals surface area contributed by atoms with E-state index in [2.05, 4.69) is 20.9 Å². The number of amides is 2. The minimum Gasteiger partial charge on any atom is -0.352 e. The predicted molar refractivity (Wildman–Crippen MR) is 102 cm³/mol. The molecule has 2 atom stereocenters. The Bertz CT molecular complexity index is 838. The van der Waals surface area contributed by atoms with Crippen molar-refractivity contribution in [3.05, 3.63) is 40.9 Å². The highest BCUT2D eigenvalue weighted by Crippen LogP contribution is 2.31. The lowest BCUT2D eigenvalue weighted by atomic mass is 10.2. The normalized spacial score (nSPS) is 13.5. The third-order valence-electron chi connectivity index (χ3n) is 3.92. The van der Waals surface area contributed by atoms with E-state index in [4.69, 9.17) is 0 Å². The molecule has 28 heavy (non-hydrogen) atoms. The quantitative estimate of drug-likeness (QED) is 0.641. The van der Waals surface area contributed by atoms with Crippen molar-refractivity contribution in [1.29, 1.82) is 0 Å². The molecule has 0 fully saturated rings. The first-order valence-electron chi connectivity index (χ1n) is 8.61. The molecule has 2 amide bonds. The van der Waals surface area contributed by atoms with Gasteiger partial charge < -0.3 is 16.0 Å². The van der Waals surface area contributed by atoms with Gasteiger partial charge in [0.15, 0.2) is 5.13 Å². The van der Waals surface area contributed by atoms with Gasteiger partial charge >= 0.3 is 6.18 Å². The van der Waals surface area contributed by atoms with Gasteiger partial charge in [0.2, 0.25) is 5.91 Å². The van der Waals surface area contributed by atoms with Crippen LogP contribution in [0.3, 0.4) is 0 Å². The van der Waals surface area contributed by atoms with Crippen molar-refractivity contribution in [1.82, 2.24) is 15.6 Å². The van der Waals surface area contributed by atoms with Crippen molar-refractivity contribution in [2.45, 2.75) is 45.5 Å². The monoisotopic (exact) mass is 414 g/mol. The van der Waals surface area contributed by atoms with Crippen LogP contribution in [0.15, 0.2) is 29.6 Å². The lowest BCUT2D eigenvalue weighted by Gasteiger charge is -2.16. The minimum atomic E-state index is -4.45. The van der Waals surface area contributed by atoms with E-state index in [1.54, 1.807) is 6.92 Å². The van der Waals surface area contributed by atoms with Gasteiger partial charge in [0.25, 0.3) is 5.91 Å². The predicted octanol–water partition coefficient (Wildman–Crippen LogP) is 3.94. The Kier molecular flexibility index (Phi) is 7.00. The van der Waals surface area contributed by atoms with E-state index >= 15 is 0 Å². The summed E-state index contributed by atoms with van der Waals surface area (Å²) in [5.74, 6) is -0.847. The Balaban J connectivity index is 2.00. The molecule has 0 aliphatic heterocycles. The highest BCUT2D eigenvalue weighted by Gasteiger charge is 2.30. The molecule has 0 aliphatic rings. The summed E-state index contributed by atoms with van der Waals surface area (Å²) >= 11 is 1.07. The molecule has 0 spiro atoms. The Hall–Kier alpha value is -2.62. The molecule has 0 saturated carbocycles. The summed E-state index contributed by atoms with van der Waals surface area (Å²) in [5, 5.41) is 9.79. The van der Waals surface area contributed by atoms with Crippen molar-refractivity contribution >= 4 is 34.0 Å². The van der Waals surface area contributed by atoms with Crippen LogP contribution in [-0.4, -0.2) is 28.9 Å². The highest BCUT2D eigenvalue weighted by molar-refractivity contribution is 7.14. The number of rotatable bonds is 7. The number of alkyl halides is 3. The van der Waals surface area contributed by atoms with Crippen LogP contribution in [0, 0.1) is 0 Å². The molecular formula is C18H21F3N4O2S. The molecule has 1 aromatic heterocycles. The van der Waals surface area contributed by atoms with Crippen LogP contribution in [0.4, 0.5) is 24.0 Å². The van der Waals surface area contributed by atoms with Crippen LogP contribution in [0.25, 0.3) is 0 Å². The standard InChI is InChI=1S/C18H21F3N4O2S/c1-4-10(2)22-15(26)11(3)23-16(27)14-9-28-17(25-14)24-13-7-5-6-12(8-13)18(19,20)21/h5-11H,4H2,1-3H3,(H,22,26)(H,23,27)(H,24,25)/t10-,11+/m0/s1. The maximum atomic E-state index is 12.8. The molecule has 6 nitrogen and oxygen atoms in total. The van der Waals surface area contributed by atoms with E-state index in [1.165, 1.54) is 17.5 Å². The number of thiazole rings is 1. The zero-order valence-corrected chi connectivity index (χ0v) is 16.4. The summed E-state index contributed by atoms with van der Waals surface area (Å²) in [4.78, 5) is 28.3. The molecule has 2 rings (SSSR count). The first-order chi connectivity index (χ1) is 13.1. The largest absolute Gasteiger partial charge is 0.416 e. The Morgan fingerprint density at radius 2 is 1.93 bits per heavy atom. The summed E-state index contributed by atoms with van der Waals surface area (Å²) in [6, 6.07) is 3.93. The molecule has 3 N–H and O–H groups in total. The minimum absolute atomic E-state index is 0.00520. The Labute approximate surface area is 164 Å². The maximum Gasteiger partial charge on any atom is 0.416 e. The number of anilines is 2. The van der Waals surface area contributed by atoms with Gasteiger partial charge in [-0.2, -0.15) is 13.2 Å². The first-order valence-corrected chi connectivity index (χ1v) is 9.49. The summed E-state index contributed by atoms with van der Waals surface area (Å²) in [5.41, 5.74) is -0.506.